The molecule has 5 aromatic heterocycles. The zero-order valence-corrected chi connectivity index (χ0v) is 21.5. The number of nitrogens with zero attached hydrogens (tertiary/aromatic N) is 9. The average Bonchev–Trinajstić information content (AvgIpc) is 3.76. The quantitative estimate of drug-likeness (QED) is 0.216. The number of nitrogens with one attached hydrogen (secondary N) is 1. The van der Waals surface area contributed by atoms with Crippen molar-refractivity contribution in [3.05, 3.63) is 108 Å². The smallest absolute Gasteiger partial charge is 0.265 e. The summed E-state index contributed by atoms with van der Waals surface area (Å²) in [6, 6.07) is 9.91. The molecule has 6 aromatic rings. The average molecular weight is 582 g/mol. The Morgan fingerprint density at radius 2 is 1.76 bits per heavy atom. The second kappa shape index (κ2) is 10.5. The molecule has 41 heavy (non-hydrogen) atoms. The van der Waals surface area contributed by atoms with E-state index in [1.165, 1.54) is 28.0 Å². The summed E-state index contributed by atoms with van der Waals surface area (Å²) in [6.45, 7) is -0.224. The van der Waals surface area contributed by atoms with Crippen LogP contribution in [0, 0.1) is 5.82 Å². The normalized spacial score (nSPS) is 12.5. The van der Waals surface area contributed by atoms with E-state index in [1.54, 1.807) is 55.1 Å². The fourth-order valence-corrected chi connectivity index (χ4v) is 4.61. The van der Waals surface area contributed by atoms with Crippen LogP contribution in [0.2, 0.25) is 5.02 Å². The van der Waals surface area contributed by atoms with E-state index in [0.717, 1.165) is 28.1 Å². The Labute approximate surface area is 233 Å². The van der Waals surface area contributed by atoms with E-state index in [1.807, 2.05) is 0 Å². The molecule has 0 fully saturated rings. The number of hydrogen-bond donors (Lipinski definition) is 1. The first kappa shape index (κ1) is 26.3. The maximum atomic E-state index is 15.3. The number of halogens is 5. The number of hydrogen-bond acceptors (Lipinski definition) is 6. The van der Waals surface area contributed by atoms with Gasteiger partial charge in [-0.2, -0.15) is 23.4 Å². The highest BCUT2D eigenvalue weighted by Crippen LogP contribution is 2.33. The van der Waals surface area contributed by atoms with E-state index in [4.69, 9.17) is 11.6 Å². The Hall–Kier alpha value is -4.98. The molecule has 0 amide bonds. The van der Waals surface area contributed by atoms with Crippen molar-refractivity contribution in [3.8, 4) is 27.9 Å². The Kier molecular flexibility index (Phi) is 6.75. The van der Waals surface area contributed by atoms with Gasteiger partial charge in [0.1, 0.15) is 22.5 Å². The molecule has 0 spiro atoms. The number of benzene rings is 1. The zero-order valence-electron chi connectivity index (χ0n) is 20.8. The third-order valence-corrected chi connectivity index (χ3v) is 6.71. The number of aromatic amines is 1. The fraction of sp³-hybridized carbons (Fsp3) is 0.115. The van der Waals surface area contributed by atoms with Gasteiger partial charge in [0, 0.05) is 42.1 Å². The van der Waals surface area contributed by atoms with Crippen molar-refractivity contribution in [2.24, 2.45) is 0 Å². The van der Waals surface area contributed by atoms with E-state index < -0.39 is 23.7 Å². The van der Waals surface area contributed by atoms with Crippen LogP contribution in [-0.2, 0) is 12.7 Å². The van der Waals surface area contributed by atoms with Crippen molar-refractivity contribution >= 4 is 11.6 Å². The first-order chi connectivity index (χ1) is 19.8. The maximum absolute atomic E-state index is 15.3. The second-order valence-corrected chi connectivity index (χ2v) is 9.29. The second-order valence-electron chi connectivity index (χ2n) is 8.89. The lowest BCUT2D eigenvalue weighted by atomic mass is 10.0. The summed E-state index contributed by atoms with van der Waals surface area (Å²) in [4.78, 5) is 8.54. The first-order valence-corrected chi connectivity index (χ1v) is 12.4. The highest BCUT2D eigenvalue weighted by molar-refractivity contribution is 6.31. The molecule has 1 aromatic carbocycles. The predicted molar refractivity (Wildman–Crippen MR) is 137 cm³/mol. The van der Waals surface area contributed by atoms with E-state index in [-0.39, 0.29) is 17.1 Å². The van der Waals surface area contributed by atoms with Crippen LogP contribution in [0.1, 0.15) is 17.4 Å². The predicted octanol–water partition coefficient (Wildman–Crippen LogP) is 4.70. The van der Waals surface area contributed by atoms with Gasteiger partial charge >= 0.3 is 6.18 Å². The molecule has 0 aliphatic rings. The molecule has 6 rings (SSSR count). The highest BCUT2D eigenvalue weighted by atomic mass is 35.5. The van der Waals surface area contributed by atoms with Crippen LogP contribution in [0.4, 0.5) is 17.6 Å². The van der Waals surface area contributed by atoms with Crippen molar-refractivity contribution < 1.29 is 22.2 Å². The molecule has 10 nitrogen and oxygen atoms in total. The number of alkyl halides is 3. The maximum Gasteiger partial charge on any atom is 0.433 e. The molecule has 0 saturated carbocycles. The monoisotopic (exact) mass is 581 g/mol. The summed E-state index contributed by atoms with van der Waals surface area (Å²) < 4.78 is 60.1. The van der Waals surface area contributed by atoms with Gasteiger partial charge in [0.2, 0.25) is 0 Å². The van der Waals surface area contributed by atoms with E-state index >= 15 is 4.39 Å². The Bertz CT molecular complexity index is 1780. The summed E-state index contributed by atoms with van der Waals surface area (Å²) in [7, 11) is 0. The third-order valence-electron chi connectivity index (χ3n) is 6.41. The molecule has 206 valence electrons. The van der Waals surface area contributed by atoms with Crippen LogP contribution in [0.5, 0.6) is 0 Å². The lowest BCUT2D eigenvalue weighted by Crippen LogP contribution is -2.33. The lowest BCUT2D eigenvalue weighted by molar-refractivity contribution is -0.659. The molecule has 1 atom stereocenters. The Morgan fingerprint density at radius 1 is 0.927 bits per heavy atom. The summed E-state index contributed by atoms with van der Waals surface area (Å²) >= 11 is 6.08. The minimum atomic E-state index is -4.61. The zero-order chi connectivity index (χ0) is 28.6. The van der Waals surface area contributed by atoms with Gasteiger partial charge in [-0.05, 0) is 42.0 Å². The molecule has 0 aliphatic heterocycles. The van der Waals surface area contributed by atoms with E-state index in [2.05, 4.69) is 35.7 Å². The summed E-state index contributed by atoms with van der Waals surface area (Å²) in [5.74, 6) is -0.683. The molecule has 0 aliphatic carbocycles. The van der Waals surface area contributed by atoms with Gasteiger partial charge in [0.25, 0.3) is 6.33 Å². The van der Waals surface area contributed by atoms with Gasteiger partial charge in [-0.15, -0.1) is 4.68 Å². The summed E-state index contributed by atoms with van der Waals surface area (Å²) in [5.41, 5.74) is 1.92. The molecule has 1 N–H and O–H groups in total. The number of pyridine rings is 2. The molecule has 0 radical (unpaired) electrons. The number of aromatic nitrogens is 10. The van der Waals surface area contributed by atoms with Crippen molar-refractivity contribution in [2.75, 3.05) is 0 Å². The van der Waals surface area contributed by atoms with Crippen LogP contribution < -0.4 is 4.68 Å². The van der Waals surface area contributed by atoms with Crippen molar-refractivity contribution in [1.29, 1.82) is 0 Å². The molecule has 0 bridgehead atoms. The van der Waals surface area contributed by atoms with Gasteiger partial charge in [-0.3, -0.25) is 19.3 Å². The van der Waals surface area contributed by atoms with Crippen molar-refractivity contribution in [2.45, 2.75) is 18.8 Å². The van der Waals surface area contributed by atoms with Crippen LogP contribution in [0.3, 0.4) is 0 Å². The molecular formula is C26H18ClF4N10+. The SMILES string of the molecule is Fc1c(Cl)ccc(-[n+]2cnn[nH]2)c1-c1ccc(C(Cn2nccc2C(F)(F)F)n2cc(-c3ccncc3)cn2)nc1. The largest absolute Gasteiger partial charge is 0.433 e. The van der Waals surface area contributed by atoms with Crippen molar-refractivity contribution in [3.63, 3.8) is 0 Å². The Balaban J connectivity index is 1.42. The number of rotatable bonds is 7. The topological polar surface area (TPSA) is 107 Å². The number of H-pyrrole nitrogens is 1. The third kappa shape index (κ3) is 5.16. The van der Waals surface area contributed by atoms with Crippen LogP contribution in [-0.4, -0.2) is 45.1 Å². The minimum absolute atomic E-state index is 0.0997. The standard InChI is InChI=1S/C26H17ClF4N10/c27-19-2-4-21(41-15-34-37-38-41)24(25(19)28)17-1-3-20(33-11-17)22(14-40-23(7-10-35-40)26(29,30)31)39-13-18(12-36-39)16-5-8-32-9-6-16/h1-13,15,22H,14H2/p+1. The van der Waals surface area contributed by atoms with Gasteiger partial charge in [0.15, 0.2) is 11.0 Å². The van der Waals surface area contributed by atoms with Gasteiger partial charge in [0.05, 0.1) is 29.0 Å². The van der Waals surface area contributed by atoms with Gasteiger partial charge in [-0.1, -0.05) is 22.9 Å². The lowest BCUT2D eigenvalue weighted by Gasteiger charge is -2.20. The van der Waals surface area contributed by atoms with E-state index in [0.29, 0.717) is 16.9 Å². The molecule has 1 unspecified atom stereocenters. The summed E-state index contributed by atoms with van der Waals surface area (Å²) in [5, 5.41) is 18.2. The fourth-order valence-electron chi connectivity index (χ4n) is 4.46. The van der Waals surface area contributed by atoms with Crippen LogP contribution >= 0.6 is 11.6 Å². The molecule has 15 heteroatoms. The molecule has 5 heterocycles. The molecular weight excluding hydrogens is 564 g/mol. The Morgan fingerprint density at radius 3 is 2.46 bits per heavy atom. The highest BCUT2D eigenvalue weighted by Gasteiger charge is 2.35. The van der Waals surface area contributed by atoms with Gasteiger partial charge < -0.3 is 0 Å². The first-order valence-electron chi connectivity index (χ1n) is 12.1. The van der Waals surface area contributed by atoms with E-state index in [9.17, 15) is 13.2 Å². The van der Waals surface area contributed by atoms with Gasteiger partial charge in [-0.25, -0.2) is 4.39 Å². The van der Waals surface area contributed by atoms with Crippen molar-refractivity contribution in [1.82, 2.24) is 45.1 Å². The number of tetrazole rings is 1. The minimum Gasteiger partial charge on any atom is -0.265 e. The van der Waals surface area contributed by atoms with Crippen LogP contribution in [0.25, 0.3) is 27.9 Å². The molecule has 0 saturated heterocycles. The summed E-state index contributed by atoms with van der Waals surface area (Å²) in [6.07, 6.45) is 5.85. The van der Waals surface area contributed by atoms with Crippen LogP contribution in [0.15, 0.2) is 86.0 Å².